The van der Waals surface area contributed by atoms with Crippen molar-refractivity contribution in [1.82, 2.24) is 0 Å². The molecule has 0 spiro atoms. The molecule has 2 rings (SSSR count). The van der Waals surface area contributed by atoms with Crippen molar-refractivity contribution in [2.75, 3.05) is 20.3 Å². The molecule has 0 aromatic heterocycles. The Morgan fingerprint density at radius 2 is 2.11 bits per heavy atom. The fraction of sp³-hybridized carbons (Fsp3) is 0.600. The van der Waals surface area contributed by atoms with Gasteiger partial charge < -0.3 is 15.2 Å². The summed E-state index contributed by atoms with van der Waals surface area (Å²) >= 11 is 6.00. The van der Waals surface area contributed by atoms with Gasteiger partial charge >= 0.3 is 0 Å². The van der Waals surface area contributed by atoms with Crippen molar-refractivity contribution in [3.8, 4) is 5.75 Å². The molecular formula is C15H22ClNO2. The molecule has 1 saturated carbocycles. The highest BCUT2D eigenvalue weighted by Crippen LogP contribution is 2.31. The van der Waals surface area contributed by atoms with Gasteiger partial charge in [-0.25, -0.2) is 0 Å². The van der Waals surface area contributed by atoms with E-state index >= 15 is 0 Å². The van der Waals surface area contributed by atoms with E-state index in [1.165, 1.54) is 19.3 Å². The lowest BCUT2D eigenvalue weighted by molar-refractivity contribution is 0.0741. The van der Waals surface area contributed by atoms with Gasteiger partial charge in [-0.3, -0.25) is 0 Å². The molecule has 3 nitrogen and oxygen atoms in total. The van der Waals surface area contributed by atoms with Crippen LogP contribution in [0.5, 0.6) is 5.75 Å². The monoisotopic (exact) mass is 283 g/mol. The Balaban J connectivity index is 1.87. The van der Waals surface area contributed by atoms with E-state index in [-0.39, 0.29) is 0 Å². The maximum atomic E-state index is 6.00. The molecule has 0 bridgehead atoms. The Morgan fingerprint density at radius 1 is 1.32 bits per heavy atom. The summed E-state index contributed by atoms with van der Waals surface area (Å²) in [6.45, 7) is 2.09. The smallest absolute Gasteiger partial charge is 0.124 e. The van der Waals surface area contributed by atoms with Crippen LogP contribution in [0, 0.1) is 11.8 Å². The summed E-state index contributed by atoms with van der Waals surface area (Å²) in [5.74, 6) is 2.06. The van der Waals surface area contributed by atoms with E-state index in [9.17, 15) is 0 Å². The quantitative estimate of drug-likeness (QED) is 0.872. The van der Waals surface area contributed by atoms with Crippen molar-refractivity contribution in [1.29, 1.82) is 0 Å². The fourth-order valence-corrected chi connectivity index (χ4v) is 3.02. The summed E-state index contributed by atoms with van der Waals surface area (Å²) in [4.78, 5) is 0. The average Bonchev–Trinajstić information content (AvgIpc) is 2.86. The van der Waals surface area contributed by atoms with Crippen LogP contribution in [0.3, 0.4) is 0 Å². The highest BCUT2D eigenvalue weighted by atomic mass is 35.5. The lowest BCUT2D eigenvalue weighted by atomic mass is 9.97. The van der Waals surface area contributed by atoms with Crippen LogP contribution in [-0.4, -0.2) is 20.3 Å². The maximum absolute atomic E-state index is 6.00. The summed E-state index contributed by atoms with van der Waals surface area (Å²) in [7, 11) is 1.66. The molecule has 106 valence electrons. The molecule has 1 aromatic carbocycles. The van der Waals surface area contributed by atoms with Gasteiger partial charge in [-0.05, 0) is 49.4 Å². The first kappa shape index (κ1) is 14.6. The SMILES string of the molecule is COc1ccc(Cl)cc1COCC1CCCC1CN. The number of benzene rings is 1. The van der Waals surface area contributed by atoms with Crippen LogP contribution in [0.15, 0.2) is 18.2 Å². The van der Waals surface area contributed by atoms with Crippen LogP contribution in [0.1, 0.15) is 24.8 Å². The van der Waals surface area contributed by atoms with Gasteiger partial charge in [0, 0.05) is 10.6 Å². The molecule has 2 unspecified atom stereocenters. The van der Waals surface area contributed by atoms with E-state index in [1.807, 2.05) is 18.2 Å². The van der Waals surface area contributed by atoms with Crippen molar-refractivity contribution in [3.05, 3.63) is 28.8 Å². The van der Waals surface area contributed by atoms with E-state index in [1.54, 1.807) is 7.11 Å². The van der Waals surface area contributed by atoms with Crippen molar-refractivity contribution < 1.29 is 9.47 Å². The molecule has 2 N–H and O–H groups in total. The zero-order valence-electron chi connectivity index (χ0n) is 11.4. The minimum absolute atomic E-state index is 0.539. The number of rotatable bonds is 6. The van der Waals surface area contributed by atoms with Crippen molar-refractivity contribution in [2.45, 2.75) is 25.9 Å². The number of methoxy groups -OCH3 is 1. The van der Waals surface area contributed by atoms with E-state index in [0.29, 0.717) is 23.5 Å². The van der Waals surface area contributed by atoms with Gasteiger partial charge in [-0.2, -0.15) is 0 Å². The summed E-state index contributed by atoms with van der Waals surface area (Å²) in [5.41, 5.74) is 6.78. The second-order valence-electron chi connectivity index (χ2n) is 5.16. The first-order valence-electron chi connectivity index (χ1n) is 6.84. The first-order chi connectivity index (χ1) is 9.24. The Bertz CT molecular complexity index is 411. The van der Waals surface area contributed by atoms with E-state index in [2.05, 4.69) is 0 Å². The number of hydrogen-bond donors (Lipinski definition) is 1. The van der Waals surface area contributed by atoms with Gasteiger partial charge in [0.15, 0.2) is 0 Å². The number of hydrogen-bond acceptors (Lipinski definition) is 3. The van der Waals surface area contributed by atoms with Gasteiger partial charge in [-0.1, -0.05) is 18.0 Å². The summed E-state index contributed by atoms with van der Waals surface area (Å²) in [6.07, 6.45) is 3.75. The Labute approximate surface area is 120 Å². The maximum Gasteiger partial charge on any atom is 0.124 e. The minimum Gasteiger partial charge on any atom is -0.496 e. The molecule has 0 amide bonds. The summed E-state index contributed by atoms with van der Waals surface area (Å²) in [6, 6.07) is 5.60. The average molecular weight is 284 g/mol. The molecule has 0 aliphatic heterocycles. The third-order valence-electron chi connectivity index (χ3n) is 3.95. The highest BCUT2D eigenvalue weighted by molar-refractivity contribution is 6.30. The fourth-order valence-electron chi connectivity index (χ4n) is 2.82. The number of nitrogens with two attached hydrogens (primary N) is 1. The van der Waals surface area contributed by atoms with Crippen molar-refractivity contribution in [3.63, 3.8) is 0 Å². The second-order valence-corrected chi connectivity index (χ2v) is 5.59. The van der Waals surface area contributed by atoms with Gasteiger partial charge in [0.25, 0.3) is 0 Å². The van der Waals surface area contributed by atoms with Crippen LogP contribution in [0.2, 0.25) is 5.02 Å². The van der Waals surface area contributed by atoms with Crippen LogP contribution in [0.4, 0.5) is 0 Å². The van der Waals surface area contributed by atoms with Gasteiger partial charge in [0.1, 0.15) is 5.75 Å². The largest absolute Gasteiger partial charge is 0.496 e. The van der Waals surface area contributed by atoms with Crippen LogP contribution in [-0.2, 0) is 11.3 Å². The second kappa shape index (κ2) is 7.13. The topological polar surface area (TPSA) is 44.5 Å². The Hall–Kier alpha value is -0.770. The van der Waals surface area contributed by atoms with Gasteiger partial charge in [0.2, 0.25) is 0 Å². The summed E-state index contributed by atoms with van der Waals surface area (Å²) < 4.78 is 11.1. The highest BCUT2D eigenvalue weighted by Gasteiger charge is 2.26. The van der Waals surface area contributed by atoms with Crippen molar-refractivity contribution >= 4 is 11.6 Å². The molecule has 1 aliphatic carbocycles. The predicted molar refractivity (Wildman–Crippen MR) is 77.5 cm³/mol. The minimum atomic E-state index is 0.539. The van der Waals surface area contributed by atoms with Crippen LogP contribution < -0.4 is 10.5 Å². The normalized spacial score (nSPS) is 22.7. The van der Waals surface area contributed by atoms with E-state index in [4.69, 9.17) is 26.8 Å². The van der Waals surface area contributed by atoms with E-state index in [0.717, 1.165) is 24.5 Å². The van der Waals surface area contributed by atoms with Crippen LogP contribution in [0.25, 0.3) is 0 Å². The predicted octanol–water partition coefficient (Wildman–Crippen LogP) is 3.24. The number of halogens is 1. The third-order valence-corrected chi connectivity index (χ3v) is 4.19. The molecule has 1 fully saturated rings. The molecule has 0 saturated heterocycles. The Kier molecular flexibility index (Phi) is 5.49. The zero-order chi connectivity index (χ0) is 13.7. The third kappa shape index (κ3) is 3.85. The standard InChI is InChI=1S/C15H22ClNO2/c1-18-15-6-5-14(16)7-13(15)10-19-9-12-4-2-3-11(12)8-17/h5-7,11-12H,2-4,8-10,17H2,1H3. The summed E-state index contributed by atoms with van der Waals surface area (Å²) in [5, 5.41) is 0.708. The van der Waals surface area contributed by atoms with E-state index < -0.39 is 0 Å². The van der Waals surface area contributed by atoms with Gasteiger partial charge in [0.05, 0.1) is 20.3 Å². The lowest BCUT2D eigenvalue weighted by Crippen LogP contribution is -2.22. The Morgan fingerprint density at radius 3 is 2.84 bits per heavy atom. The molecule has 19 heavy (non-hydrogen) atoms. The van der Waals surface area contributed by atoms with Gasteiger partial charge in [-0.15, -0.1) is 0 Å². The molecule has 4 heteroatoms. The lowest BCUT2D eigenvalue weighted by Gasteiger charge is -2.18. The zero-order valence-corrected chi connectivity index (χ0v) is 12.2. The number of ether oxygens (including phenoxy) is 2. The molecular weight excluding hydrogens is 262 g/mol. The van der Waals surface area contributed by atoms with Crippen molar-refractivity contribution in [2.24, 2.45) is 17.6 Å². The van der Waals surface area contributed by atoms with Crippen LogP contribution >= 0.6 is 11.6 Å². The first-order valence-corrected chi connectivity index (χ1v) is 7.22. The molecule has 2 atom stereocenters. The molecule has 1 aromatic rings. The molecule has 0 radical (unpaired) electrons. The molecule has 0 heterocycles. The molecule has 1 aliphatic rings.